The van der Waals surface area contributed by atoms with Crippen LogP contribution in [0.15, 0.2) is 80.6 Å². The smallest absolute Gasteiger partial charge is 0.337 e. The first kappa shape index (κ1) is 32.0. The number of aromatic nitrogens is 1. The third-order valence-electron chi connectivity index (χ3n) is 6.89. The number of halogens is 2. The van der Waals surface area contributed by atoms with Crippen LogP contribution in [0.1, 0.15) is 36.6 Å². The summed E-state index contributed by atoms with van der Waals surface area (Å²) in [5.41, 5.74) is 1.95. The molecule has 0 fully saturated rings. The van der Waals surface area contributed by atoms with E-state index in [2.05, 4.69) is 20.9 Å². The van der Waals surface area contributed by atoms with Gasteiger partial charge in [-0.3, -0.25) is 9.36 Å². The van der Waals surface area contributed by atoms with Crippen molar-refractivity contribution in [2.45, 2.75) is 26.5 Å². The Balaban J connectivity index is 1.56. The molecule has 12 heteroatoms. The second-order valence-electron chi connectivity index (χ2n) is 9.69. The second kappa shape index (κ2) is 14.1. The topological polar surface area (TPSA) is 97.6 Å². The molecule has 2 heterocycles. The number of nitrogens with zero attached hydrogens (tertiary/aromatic N) is 2. The van der Waals surface area contributed by atoms with Crippen LogP contribution in [-0.4, -0.2) is 38.0 Å². The number of fused-ring (bicyclic) bond motifs is 1. The molecule has 0 radical (unpaired) electrons. The summed E-state index contributed by atoms with van der Waals surface area (Å²) in [6, 6.07) is 14.1. The summed E-state index contributed by atoms with van der Waals surface area (Å²) in [5.74, 6) is 1.05. The van der Waals surface area contributed by atoms with E-state index in [4.69, 9.17) is 23.7 Å². The highest BCUT2D eigenvalue weighted by molar-refractivity contribution is 9.10. The van der Waals surface area contributed by atoms with Crippen molar-refractivity contribution in [3.05, 3.63) is 113 Å². The van der Waals surface area contributed by atoms with Gasteiger partial charge in [-0.25, -0.2) is 14.2 Å². The van der Waals surface area contributed by atoms with Crippen molar-refractivity contribution in [2.24, 2.45) is 4.99 Å². The maximum Gasteiger partial charge on any atom is 0.337 e. The summed E-state index contributed by atoms with van der Waals surface area (Å²) in [4.78, 5) is 31.7. The molecule has 234 valence electrons. The molecule has 4 aromatic rings. The van der Waals surface area contributed by atoms with Gasteiger partial charge >= 0.3 is 5.97 Å². The van der Waals surface area contributed by atoms with Gasteiger partial charge < -0.3 is 23.7 Å². The van der Waals surface area contributed by atoms with E-state index in [1.807, 2.05) is 13.8 Å². The lowest BCUT2D eigenvalue weighted by atomic mass is 9.97. The number of carbonyl (C=O) groups excluding carboxylic acids is 1. The molecule has 0 bridgehead atoms. The first-order valence-corrected chi connectivity index (χ1v) is 15.6. The highest BCUT2D eigenvalue weighted by atomic mass is 79.9. The van der Waals surface area contributed by atoms with Gasteiger partial charge in [-0.15, -0.1) is 0 Å². The van der Waals surface area contributed by atoms with Crippen LogP contribution >= 0.6 is 27.3 Å². The Kier molecular flexibility index (Phi) is 10.0. The number of carbonyl (C=O) groups is 1. The molecular weight excluding hydrogens is 667 g/mol. The Morgan fingerprint density at radius 3 is 2.38 bits per heavy atom. The fourth-order valence-electron chi connectivity index (χ4n) is 4.80. The van der Waals surface area contributed by atoms with Gasteiger partial charge in [-0.1, -0.05) is 45.5 Å². The lowest BCUT2D eigenvalue weighted by molar-refractivity contribution is -0.136. The number of rotatable bonds is 11. The van der Waals surface area contributed by atoms with E-state index >= 15 is 0 Å². The number of thiazole rings is 1. The molecule has 9 nitrogen and oxygen atoms in total. The lowest BCUT2D eigenvalue weighted by Gasteiger charge is -2.23. The van der Waals surface area contributed by atoms with E-state index in [1.54, 1.807) is 48.5 Å². The van der Waals surface area contributed by atoms with E-state index in [0.717, 1.165) is 5.56 Å². The minimum Gasteiger partial charge on any atom is -0.493 e. The number of esters is 1. The first-order valence-electron chi connectivity index (χ1n) is 14.0. The fourth-order valence-corrected chi connectivity index (χ4v) is 6.20. The molecule has 0 saturated carbocycles. The molecule has 1 aliphatic rings. The lowest BCUT2D eigenvalue weighted by Crippen LogP contribution is -2.39. The summed E-state index contributed by atoms with van der Waals surface area (Å²) >= 11 is 4.78. The fraction of sp³-hybridized carbons (Fsp3) is 0.242. The van der Waals surface area contributed by atoms with Gasteiger partial charge in [-0.05, 0) is 73.0 Å². The number of methoxy groups -OCH3 is 2. The van der Waals surface area contributed by atoms with Crippen molar-refractivity contribution in [3.8, 4) is 23.0 Å². The number of hydrogen-bond donors (Lipinski definition) is 0. The minimum atomic E-state index is -0.814. The van der Waals surface area contributed by atoms with Crippen molar-refractivity contribution < 1.29 is 32.9 Å². The summed E-state index contributed by atoms with van der Waals surface area (Å²) in [5, 5.41) is 0. The average molecular weight is 698 g/mol. The van der Waals surface area contributed by atoms with E-state index in [1.165, 1.54) is 48.5 Å². The first-order chi connectivity index (χ1) is 21.8. The number of hydrogen-bond acceptors (Lipinski definition) is 9. The molecule has 0 saturated heterocycles. The predicted octanol–water partition coefficient (Wildman–Crippen LogP) is 5.30. The molecule has 5 rings (SSSR count). The summed E-state index contributed by atoms with van der Waals surface area (Å²) in [6.45, 7) is 4.80. The third kappa shape index (κ3) is 6.81. The van der Waals surface area contributed by atoms with Gasteiger partial charge in [0.05, 0.1) is 43.6 Å². The van der Waals surface area contributed by atoms with E-state index < -0.39 is 12.0 Å². The largest absolute Gasteiger partial charge is 0.493 e. The van der Waals surface area contributed by atoms with Crippen molar-refractivity contribution in [1.29, 1.82) is 0 Å². The molecule has 1 aliphatic heterocycles. The number of benzene rings is 3. The highest BCUT2D eigenvalue weighted by Crippen LogP contribution is 2.36. The van der Waals surface area contributed by atoms with E-state index in [-0.39, 0.29) is 23.6 Å². The van der Waals surface area contributed by atoms with Crippen LogP contribution in [-0.2, 0) is 16.1 Å². The van der Waals surface area contributed by atoms with Crippen LogP contribution in [0.3, 0.4) is 0 Å². The van der Waals surface area contributed by atoms with Gasteiger partial charge in [0.15, 0.2) is 27.8 Å². The Hall–Kier alpha value is -4.42. The predicted molar refractivity (Wildman–Crippen MR) is 171 cm³/mol. The van der Waals surface area contributed by atoms with E-state index in [0.29, 0.717) is 61.1 Å². The molecule has 0 spiro atoms. The van der Waals surface area contributed by atoms with Gasteiger partial charge in [0.25, 0.3) is 5.56 Å². The van der Waals surface area contributed by atoms with Crippen molar-refractivity contribution in [3.63, 3.8) is 0 Å². The van der Waals surface area contributed by atoms with Crippen LogP contribution < -0.4 is 33.8 Å². The molecular formula is C33H30BrFN2O7S. The summed E-state index contributed by atoms with van der Waals surface area (Å²) in [6.07, 6.45) is 3.16. The zero-order chi connectivity index (χ0) is 32.1. The Bertz CT molecular complexity index is 1940. The van der Waals surface area contributed by atoms with Crippen molar-refractivity contribution in [2.75, 3.05) is 27.4 Å². The monoisotopic (exact) mass is 696 g/mol. The molecule has 0 aliphatic carbocycles. The molecule has 3 aromatic carbocycles. The van der Waals surface area contributed by atoms with Gasteiger partial charge in [0.2, 0.25) is 0 Å². The van der Waals surface area contributed by atoms with Gasteiger partial charge in [0, 0.05) is 10.7 Å². The molecule has 45 heavy (non-hydrogen) atoms. The Labute approximate surface area is 270 Å². The van der Waals surface area contributed by atoms with Gasteiger partial charge in [-0.2, -0.15) is 0 Å². The molecule has 1 aromatic heterocycles. The molecule has 0 unspecified atom stereocenters. The average Bonchev–Trinajstić information content (AvgIpc) is 3.36. The van der Waals surface area contributed by atoms with Crippen LogP contribution in [0.5, 0.6) is 23.0 Å². The Morgan fingerprint density at radius 2 is 1.69 bits per heavy atom. The van der Waals surface area contributed by atoms with E-state index in [9.17, 15) is 14.0 Å². The molecule has 0 N–H and O–H groups in total. The van der Waals surface area contributed by atoms with Crippen molar-refractivity contribution >= 4 is 39.3 Å². The summed E-state index contributed by atoms with van der Waals surface area (Å²) in [7, 11) is 2.81. The highest BCUT2D eigenvalue weighted by Gasteiger charge is 2.31. The van der Waals surface area contributed by atoms with Crippen LogP contribution in [0.4, 0.5) is 4.39 Å². The quantitative estimate of drug-likeness (QED) is 0.196. The zero-order valence-corrected chi connectivity index (χ0v) is 27.4. The maximum absolute atomic E-state index is 14.0. The van der Waals surface area contributed by atoms with Crippen LogP contribution in [0.25, 0.3) is 6.08 Å². The van der Waals surface area contributed by atoms with Crippen molar-refractivity contribution in [1.82, 2.24) is 4.57 Å². The standard InChI is InChI=1S/C33H30BrFN2O7S/c1-5-42-25-12-9-20(13-27(25)43-6-2)30-23(32(39)41-4)17-36-33-37(30)31(38)29(45-33)15-21-14-26(40-3)28(16-24(21)34)44-18-19-7-10-22(35)11-8-19/h7-17,30H,5-6,18H2,1-4H3/b29-15-/t30-/m1/s1. The minimum absolute atomic E-state index is 0.202. The van der Waals surface area contributed by atoms with Gasteiger partial charge in [0.1, 0.15) is 12.4 Å². The maximum atomic E-state index is 14.0. The summed E-state index contributed by atoms with van der Waals surface area (Å²) < 4.78 is 43.9. The Morgan fingerprint density at radius 1 is 0.978 bits per heavy atom. The molecule has 0 amide bonds. The zero-order valence-electron chi connectivity index (χ0n) is 25.0. The van der Waals surface area contributed by atoms with Crippen LogP contribution in [0.2, 0.25) is 0 Å². The third-order valence-corrected chi connectivity index (χ3v) is 8.57. The SMILES string of the molecule is CCOc1ccc([C@@H]2C(C(=O)OC)=CN=c3s/c(=C\c4cc(OC)c(OCc5ccc(F)cc5)cc4Br)c(=O)n32)cc1OCC. The molecule has 1 atom stereocenters. The second-order valence-corrected chi connectivity index (χ2v) is 11.6. The van der Waals surface area contributed by atoms with Crippen LogP contribution in [0, 0.1) is 5.82 Å². The normalized spacial score (nSPS) is 14.2. The number of ether oxygens (including phenoxy) is 5.